The van der Waals surface area contributed by atoms with E-state index < -0.39 is 5.82 Å². The topological polar surface area (TPSA) is 69.0 Å². The molecule has 7 nitrogen and oxygen atoms in total. The van der Waals surface area contributed by atoms with E-state index in [2.05, 4.69) is 11.3 Å². The fourth-order valence-corrected chi connectivity index (χ4v) is 5.48. The number of rotatable bonds is 5. The normalized spacial score (nSPS) is 20.7. The van der Waals surface area contributed by atoms with Gasteiger partial charge in [-0.05, 0) is 43.9 Å². The summed E-state index contributed by atoms with van der Waals surface area (Å²) in [5.74, 6) is 0.344. The van der Waals surface area contributed by atoms with E-state index in [4.69, 9.17) is 31.3 Å². The van der Waals surface area contributed by atoms with Gasteiger partial charge in [0.15, 0.2) is 10.8 Å². The molecule has 6 rings (SSSR count). The Morgan fingerprint density at radius 3 is 2.79 bits per heavy atom. The number of fused-ring (bicyclic) bond motifs is 1. The SMILES string of the molecule is CN(C)c1nc2nc([C@@H]3CCO[C@@H](c4cnn(C5CC5)c4)C3)nc(-c3ccc(Cl)cc3F)c2s1. The average molecular weight is 499 g/mol. The molecule has 0 radical (unpaired) electrons. The van der Waals surface area contributed by atoms with Crippen LogP contribution in [-0.2, 0) is 4.74 Å². The molecule has 0 unspecified atom stereocenters. The Labute approximate surface area is 205 Å². The van der Waals surface area contributed by atoms with E-state index in [0.717, 1.165) is 28.2 Å². The van der Waals surface area contributed by atoms with Crippen molar-refractivity contribution >= 4 is 38.4 Å². The van der Waals surface area contributed by atoms with Crippen LogP contribution in [0.3, 0.4) is 0 Å². The Morgan fingerprint density at radius 1 is 1.18 bits per heavy atom. The van der Waals surface area contributed by atoms with Crippen molar-refractivity contribution in [3.63, 3.8) is 0 Å². The number of nitrogens with zero attached hydrogens (tertiary/aromatic N) is 6. The largest absolute Gasteiger partial charge is 0.373 e. The summed E-state index contributed by atoms with van der Waals surface area (Å²) < 4.78 is 23.9. The van der Waals surface area contributed by atoms with Crippen LogP contribution >= 0.6 is 22.9 Å². The van der Waals surface area contributed by atoms with Gasteiger partial charge >= 0.3 is 0 Å². The minimum absolute atomic E-state index is 0.0611. The molecule has 2 fully saturated rings. The third-order valence-electron chi connectivity index (χ3n) is 6.39. The van der Waals surface area contributed by atoms with Crippen LogP contribution in [0.5, 0.6) is 0 Å². The van der Waals surface area contributed by atoms with Crippen molar-refractivity contribution in [2.24, 2.45) is 0 Å². The Kier molecular flexibility index (Phi) is 5.50. The van der Waals surface area contributed by atoms with Crippen LogP contribution < -0.4 is 4.90 Å². The van der Waals surface area contributed by atoms with Crippen molar-refractivity contribution in [3.05, 3.63) is 52.8 Å². The van der Waals surface area contributed by atoms with Crippen molar-refractivity contribution in [1.29, 1.82) is 0 Å². The van der Waals surface area contributed by atoms with Gasteiger partial charge in [-0.2, -0.15) is 10.1 Å². The van der Waals surface area contributed by atoms with Gasteiger partial charge in [0.2, 0.25) is 0 Å². The van der Waals surface area contributed by atoms with Gasteiger partial charge in [0.1, 0.15) is 16.3 Å². The molecular formula is C24H24ClFN6OS. The second kappa shape index (κ2) is 8.55. The van der Waals surface area contributed by atoms with Crippen LogP contribution in [0.25, 0.3) is 21.6 Å². The maximum atomic E-state index is 15.0. The zero-order valence-corrected chi connectivity index (χ0v) is 20.5. The zero-order valence-electron chi connectivity index (χ0n) is 18.9. The molecule has 4 heterocycles. The highest BCUT2D eigenvalue weighted by Gasteiger charge is 2.31. The molecule has 1 aliphatic carbocycles. The lowest BCUT2D eigenvalue weighted by molar-refractivity contribution is 0.00396. The van der Waals surface area contributed by atoms with Crippen LogP contribution in [0.15, 0.2) is 30.6 Å². The van der Waals surface area contributed by atoms with Crippen molar-refractivity contribution in [3.8, 4) is 11.3 Å². The molecule has 4 aromatic rings. The van der Waals surface area contributed by atoms with E-state index in [1.807, 2.05) is 29.9 Å². The van der Waals surface area contributed by atoms with Gasteiger partial charge in [-0.15, -0.1) is 0 Å². The molecule has 0 bridgehead atoms. The fraction of sp³-hybridized carbons (Fsp3) is 0.417. The van der Waals surface area contributed by atoms with Crippen molar-refractivity contribution < 1.29 is 9.13 Å². The maximum Gasteiger partial charge on any atom is 0.187 e. The van der Waals surface area contributed by atoms with Gasteiger partial charge < -0.3 is 9.64 Å². The summed E-state index contributed by atoms with van der Waals surface area (Å²) in [4.78, 5) is 16.4. The first kappa shape index (κ1) is 21.9. The molecular weight excluding hydrogens is 475 g/mol. The van der Waals surface area contributed by atoms with Gasteiger partial charge in [0, 0.05) is 49.0 Å². The number of halogens is 2. The van der Waals surface area contributed by atoms with Crippen LogP contribution in [0, 0.1) is 5.82 Å². The van der Waals surface area contributed by atoms with Crippen LogP contribution in [0.2, 0.25) is 5.02 Å². The Morgan fingerprint density at radius 2 is 2.03 bits per heavy atom. The third-order valence-corrected chi connectivity index (χ3v) is 7.85. The molecule has 2 aliphatic rings. The maximum absolute atomic E-state index is 15.0. The first-order chi connectivity index (χ1) is 16.5. The summed E-state index contributed by atoms with van der Waals surface area (Å²) in [6.45, 7) is 0.607. The van der Waals surface area contributed by atoms with Crippen LogP contribution in [0.4, 0.5) is 9.52 Å². The molecule has 2 atom stereocenters. The highest BCUT2D eigenvalue weighted by molar-refractivity contribution is 7.22. The van der Waals surface area contributed by atoms with Gasteiger partial charge in [0.05, 0.1) is 24.0 Å². The van der Waals surface area contributed by atoms with Gasteiger partial charge in [-0.3, -0.25) is 4.68 Å². The number of aromatic nitrogens is 5. The zero-order chi connectivity index (χ0) is 23.4. The molecule has 0 spiro atoms. The number of ether oxygens (including phenoxy) is 1. The van der Waals surface area contributed by atoms with E-state index in [9.17, 15) is 4.39 Å². The minimum atomic E-state index is -0.407. The van der Waals surface area contributed by atoms with E-state index >= 15 is 0 Å². The molecule has 0 N–H and O–H groups in total. The molecule has 1 saturated carbocycles. The molecule has 1 aliphatic heterocycles. The number of anilines is 1. The molecule has 10 heteroatoms. The second-order valence-electron chi connectivity index (χ2n) is 9.16. The molecule has 0 amide bonds. The summed E-state index contributed by atoms with van der Waals surface area (Å²) in [5.41, 5.74) is 2.64. The standard InChI is InChI=1S/C24H24ClFN6OS/c1-31(2)24-30-23-21(34-24)20(17-6-3-15(25)10-18(17)26)28-22(29-23)13-7-8-33-19(9-13)14-11-27-32(12-14)16-4-5-16/h3,6,10-13,16,19H,4-5,7-9H2,1-2H3/t13-,19-/m1/s1. The third kappa shape index (κ3) is 4.06. The average Bonchev–Trinajstić information content (AvgIpc) is 3.38. The molecule has 34 heavy (non-hydrogen) atoms. The summed E-state index contributed by atoms with van der Waals surface area (Å²) >= 11 is 7.47. The van der Waals surface area contributed by atoms with Crippen molar-refractivity contribution in [2.75, 3.05) is 25.6 Å². The van der Waals surface area contributed by atoms with Crippen molar-refractivity contribution in [1.82, 2.24) is 24.7 Å². The first-order valence-corrected chi connectivity index (χ1v) is 12.6. The highest BCUT2D eigenvalue weighted by atomic mass is 35.5. The number of thiazole rings is 1. The quantitative estimate of drug-likeness (QED) is 0.347. The van der Waals surface area contributed by atoms with Crippen LogP contribution in [-0.4, -0.2) is 45.4 Å². The van der Waals surface area contributed by atoms with E-state index in [1.165, 1.54) is 30.2 Å². The number of hydrogen-bond donors (Lipinski definition) is 0. The predicted molar refractivity (Wildman–Crippen MR) is 131 cm³/mol. The number of hydrogen-bond acceptors (Lipinski definition) is 7. The molecule has 1 saturated heterocycles. The van der Waals surface area contributed by atoms with E-state index in [-0.39, 0.29) is 12.0 Å². The molecule has 3 aromatic heterocycles. The second-order valence-corrected chi connectivity index (χ2v) is 10.6. The Hall–Kier alpha value is -2.62. The summed E-state index contributed by atoms with van der Waals surface area (Å²) in [6.07, 6.45) is 7.88. The van der Waals surface area contributed by atoms with Gasteiger partial charge in [0.25, 0.3) is 0 Å². The first-order valence-electron chi connectivity index (χ1n) is 11.4. The molecule has 1 aromatic carbocycles. The van der Waals surface area contributed by atoms with E-state index in [0.29, 0.717) is 40.4 Å². The summed E-state index contributed by atoms with van der Waals surface area (Å²) in [5, 5.41) is 5.67. The summed E-state index contributed by atoms with van der Waals surface area (Å²) in [7, 11) is 3.86. The minimum Gasteiger partial charge on any atom is -0.373 e. The summed E-state index contributed by atoms with van der Waals surface area (Å²) in [6, 6.07) is 5.22. The smallest absolute Gasteiger partial charge is 0.187 e. The van der Waals surface area contributed by atoms with E-state index in [1.54, 1.807) is 12.1 Å². The van der Waals surface area contributed by atoms with Gasteiger partial charge in [-0.1, -0.05) is 22.9 Å². The van der Waals surface area contributed by atoms with Gasteiger partial charge in [-0.25, -0.2) is 14.4 Å². The van der Waals surface area contributed by atoms with Crippen molar-refractivity contribution in [2.45, 2.75) is 43.7 Å². The highest BCUT2D eigenvalue weighted by Crippen LogP contribution is 2.41. The lowest BCUT2D eigenvalue weighted by Crippen LogP contribution is -2.20. The fourth-order valence-electron chi connectivity index (χ4n) is 4.39. The number of benzene rings is 1. The Balaban J connectivity index is 1.39. The predicted octanol–water partition coefficient (Wildman–Crippen LogP) is 5.78. The van der Waals surface area contributed by atoms with Crippen LogP contribution in [0.1, 0.15) is 55.1 Å². The molecule has 176 valence electrons. The lowest BCUT2D eigenvalue weighted by atomic mass is 9.92. The Bertz CT molecular complexity index is 1370. The monoisotopic (exact) mass is 498 g/mol. The lowest BCUT2D eigenvalue weighted by Gasteiger charge is -2.28.